The fourth-order valence-electron chi connectivity index (χ4n) is 4.55. The summed E-state index contributed by atoms with van der Waals surface area (Å²) in [5, 5.41) is 6.47. The number of hydrogen-bond donors (Lipinski definition) is 0. The van der Waals surface area contributed by atoms with Gasteiger partial charge >= 0.3 is 0 Å². The van der Waals surface area contributed by atoms with Crippen LogP contribution in [0, 0.1) is 6.92 Å². The monoisotopic (exact) mass is 363 g/mol. The van der Waals surface area contributed by atoms with Crippen LogP contribution in [-0.4, -0.2) is 40.5 Å². The molecule has 3 aromatic rings. The standard InChI is InChI=1S/C22H25N3O2/c1-16-20(5-4-19-8-12-23-25(16)19)17-3-6-21-18(15-17)7-9-22(27-21)10-13-24(26-2)14-11-22/h3-6,8,12,15H,7,9-11,13-14H2,1-2H3. The van der Waals surface area contributed by atoms with Crippen molar-refractivity contribution in [2.45, 2.75) is 38.2 Å². The lowest BCUT2D eigenvalue weighted by Gasteiger charge is -2.44. The SMILES string of the molecule is CON1CCC2(CCc3cc(-c4ccc5ccnn5c4C)ccc3O2)CC1. The molecule has 0 N–H and O–H groups in total. The highest BCUT2D eigenvalue weighted by Gasteiger charge is 2.39. The van der Waals surface area contributed by atoms with Gasteiger partial charge in [0.2, 0.25) is 0 Å². The van der Waals surface area contributed by atoms with Crippen molar-refractivity contribution in [3.63, 3.8) is 0 Å². The molecule has 1 aromatic carbocycles. The molecule has 27 heavy (non-hydrogen) atoms. The summed E-state index contributed by atoms with van der Waals surface area (Å²) in [7, 11) is 1.75. The minimum atomic E-state index is -0.0204. The number of ether oxygens (including phenoxy) is 1. The van der Waals surface area contributed by atoms with E-state index in [9.17, 15) is 0 Å². The fraction of sp³-hybridized carbons (Fsp3) is 0.409. The average molecular weight is 363 g/mol. The number of rotatable bonds is 2. The van der Waals surface area contributed by atoms with E-state index in [1.54, 1.807) is 7.11 Å². The summed E-state index contributed by atoms with van der Waals surface area (Å²) >= 11 is 0. The van der Waals surface area contributed by atoms with Crippen molar-refractivity contribution in [1.82, 2.24) is 14.7 Å². The Morgan fingerprint density at radius 2 is 1.93 bits per heavy atom. The van der Waals surface area contributed by atoms with Crippen LogP contribution in [0.15, 0.2) is 42.6 Å². The molecule has 0 saturated carbocycles. The maximum absolute atomic E-state index is 6.53. The molecule has 140 valence electrons. The minimum absolute atomic E-state index is 0.0204. The molecule has 1 saturated heterocycles. The number of piperidine rings is 1. The number of hydroxylamine groups is 2. The van der Waals surface area contributed by atoms with Crippen LogP contribution in [-0.2, 0) is 11.3 Å². The Morgan fingerprint density at radius 3 is 2.74 bits per heavy atom. The molecule has 1 spiro atoms. The lowest BCUT2D eigenvalue weighted by atomic mass is 9.83. The van der Waals surface area contributed by atoms with Crippen LogP contribution in [0.1, 0.15) is 30.5 Å². The van der Waals surface area contributed by atoms with Gasteiger partial charge in [-0.05, 0) is 55.2 Å². The first-order valence-electron chi connectivity index (χ1n) is 9.72. The molecular formula is C22H25N3O2. The predicted molar refractivity (Wildman–Crippen MR) is 105 cm³/mol. The van der Waals surface area contributed by atoms with Crippen LogP contribution in [0.5, 0.6) is 5.75 Å². The van der Waals surface area contributed by atoms with Crippen LogP contribution < -0.4 is 4.74 Å². The van der Waals surface area contributed by atoms with Gasteiger partial charge in [-0.25, -0.2) is 4.52 Å². The van der Waals surface area contributed by atoms with Gasteiger partial charge in [0.1, 0.15) is 11.4 Å². The van der Waals surface area contributed by atoms with E-state index in [1.165, 1.54) is 16.7 Å². The molecule has 2 aliphatic heterocycles. The van der Waals surface area contributed by atoms with Crippen molar-refractivity contribution >= 4 is 5.52 Å². The third-order valence-electron chi connectivity index (χ3n) is 6.24. The zero-order chi connectivity index (χ0) is 18.4. The number of benzene rings is 1. The fourth-order valence-corrected chi connectivity index (χ4v) is 4.55. The molecule has 0 atom stereocenters. The van der Waals surface area contributed by atoms with Crippen molar-refractivity contribution in [2.24, 2.45) is 0 Å². The molecule has 0 unspecified atom stereocenters. The maximum Gasteiger partial charge on any atom is 0.123 e. The average Bonchev–Trinajstić information content (AvgIpc) is 3.18. The topological polar surface area (TPSA) is 39.0 Å². The van der Waals surface area contributed by atoms with E-state index in [-0.39, 0.29) is 5.60 Å². The molecule has 0 aliphatic carbocycles. The summed E-state index contributed by atoms with van der Waals surface area (Å²) < 4.78 is 8.54. The highest BCUT2D eigenvalue weighted by Crippen LogP contribution is 2.41. The van der Waals surface area contributed by atoms with E-state index in [1.807, 2.05) is 21.8 Å². The Labute approximate surface area is 159 Å². The van der Waals surface area contributed by atoms with Crippen LogP contribution in [0.25, 0.3) is 16.6 Å². The van der Waals surface area contributed by atoms with E-state index >= 15 is 0 Å². The summed E-state index contributed by atoms with van der Waals surface area (Å²) in [6.07, 6.45) is 6.05. The van der Waals surface area contributed by atoms with E-state index in [2.05, 4.69) is 42.4 Å². The number of aryl methyl sites for hydroxylation is 2. The summed E-state index contributed by atoms with van der Waals surface area (Å²) in [4.78, 5) is 5.37. The van der Waals surface area contributed by atoms with Crippen molar-refractivity contribution < 1.29 is 9.57 Å². The van der Waals surface area contributed by atoms with E-state index in [0.717, 1.165) is 55.7 Å². The lowest BCUT2D eigenvalue weighted by molar-refractivity contribution is -0.170. The zero-order valence-electron chi connectivity index (χ0n) is 15.9. The Morgan fingerprint density at radius 1 is 1.07 bits per heavy atom. The van der Waals surface area contributed by atoms with Crippen LogP contribution in [0.2, 0.25) is 0 Å². The lowest BCUT2D eigenvalue weighted by Crippen LogP contribution is -2.49. The number of fused-ring (bicyclic) bond motifs is 2. The van der Waals surface area contributed by atoms with Crippen molar-refractivity contribution in [3.8, 4) is 16.9 Å². The maximum atomic E-state index is 6.53. The van der Waals surface area contributed by atoms with Crippen molar-refractivity contribution in [2.75, 3.05) is 20.2 Å². The van der Waals surface area contributed by atoms with Gasteiger partial charge in [0.05, 0.1) is 12.6 Å². The third-order valence-corrected chi connectivity index (χ3v) is 6.24. The Hall–Kier alpha value is -2.37. The molecule has 2 aliphatic rings. The summed E-state index contributed by atoms with van der Waals surface area (Å²) in [6, 6.07) is 13.0. The second kappa shape index (κ2) is 6.36. The quantitative estimate of drug-likeness (QED) is 0.689. The Balaban J connectivity index is 1.44. The largest absolute Gasteiger partial charge is 0.487 e. The van der Waals surface area contributed by atoms with Gasteiger partial charge in [-0.15, -0.1) is 0 Å². The van der Waals surface area contributed by atoms with Crippen LogP contribution in [0.3, 0.4) is 0 Å². The molecular weight excluding hydrogens is 338 g/mol. The zero-order valence-corrected chi connectivity index (χ0v) is 15.9. The highest BCUT2D eigenvalue weighted by atomic mass is 16.7. The number of hydrogen-bond acceptors (Lipinski definition) is 4. The molecule has 5 rings (SSSR count). The first kappa shape index (κ1) is 16.8. The first-order valence-corrected chi connectivity index (χ1v) is 9.72. The first-order chi connectivity index (χ1) is 13.2. The number of pyridine rings is 1. The van der Waals surface area contributed by atoms with Gasteiger partial charge in [0.25, 0.3) is 0 Å². The van der Waals surface area contributed by atoms with Gasteiger partial charge in [-0.2, -0.15) is 10.2 Å². The second-order valence-corrected chi connectivity index (χ2v) is 7.72. The van der Waals surface area contributed by atoms with Gasteiger partial charge in [0.15, 0.2) is 0 Å². The van der Waals surface area contributed by atoms with Crippen molar-refractivity contribution in [3.05, 3.63) is 53.9 Å². The summed E-state index contributed by atoms with van der Waals surface area (Å²) in [5.41, 5.74) is 6.04. The minimum Gasteiger partial charge on any atom is -0.487 e. The van der Waals surface area contributed by atoms with Crippen LogP contribution >= 0.6 is 0 Å². The molecule has 4 heterocycles. The van der Waals surface area contributed by atoms with Gasteiger partial charge in [0, 0.05) is 43.4 Å². The van der Waals surface area contributed by atoms with E-state index < -0.39 is 0 Å². The van der Waals surface area contributed by atoms with Gasteiger partial charge in [-0.1, -0.05) is 12.1 Å². The second-order valence-electron chi connectivity index (χ2n) is 7.72. The van der Waals surface area contributed by atoms with Gasteiger partial charge < -0.3 is 9.57 Å². The van der Waals surface area contributed by atoms with Crippen molar-refractivity contribution in [1.29, 1.82) is 0 Å². The Kier molecular flexibility index (Phi) is 3.95. The predicted octanol–water partition coefficient (Wildman–Crippen LogP) is 4.03. The molecule has 0 bridgehead atoms. The molecule has 1 fully saturated rings. The summed E-state index contributed by atoms with van der Waals surface area (Å²) in [5.74, 6) is 1.05. The molecule has 0 amide bonds. The molecule has 5 heteroatoms. The Bertz CT molecular complexity index is 986. The third kappa shape index (κ3) is 2.82. The molecule has 5 nitrogen and oxygen atoms in total. The van der Waals surface area contributed by atoms with E-state index in [4.69, 9.17) is 9.57 Å². The molecule has 0 radical (unpaired) electrons. The summed E-state index contributed by atoms with van der Waals surface area (Å²) in [6.45, 7) is 4.00. The van der Waals surface area contributed by atoms with Crippen LogP contribution in [0.4, 0.5) is 0 Å². The number of aromatic nitrogens is 2. The normalized spacial score (nSPS) is 19.2. The smallest absolute Gasteiger partial charge is 0.123 e. The highest BCUT2D eigenvalue weighted by molar-refractivity contribution is 5.70. The molecule has 2 aromatic heterocycles. The van der Waals surface area contributed by atoms with Gasteiger partial charge in [-0.3, -0.25) is 0 Å². The van der Waals surface area contributed by atoms with E-state index in [0.29, 0.717) is 0 Å². The number of nitrogens with zero attached hydrogens (tertiary/aromatic N) is 3.